The minimum absolute atomic E-state index is 0.00180. The van der Waals surface area contributed by atoms with E-state index in [4.69, 9.17) is 18.9 Å². The van der Waals surface area contributed by atoms with Crippen molar-refractivity contribution in [3.8, 4) is 0 Å². The Kier molecular flexibility index (Phi) is 9.90. The van der Waals surface area contributed by atoms with Crippen LogP contribution in [0.25, 0.3) is 0 Å². The summed E-state index contributed by atoms with van der Waals surface area (Å²) >= 11 is 0. The van der Waals surface area contributed by atoms with E-state index in [0.29, 0.717) is 6.61 Å². The standard InChI is InChI=1S/C30H37NO7S/c1-22-14-16-25(17-15-22)39(33,34)31-26(20-35-18-23-10-6-4-7-11-23)28-29(38-30(2,3)37-28)27(32)21-36-19-24-12-8-5-9-13-24/h4-17,26-29,31-32H,18-21H2,1-3H3/t26-,27+,28+,29+/m0/s1. The number of benzene rings is 3. The average Bonchev–Trinajstić information content (AvgIpc) is 3.25. The number of rotatable bonds is 13. The van der Waals surface area contributed by atoms with Crippen LogP contribution >= 0.6 is 0 Å². The average molecular weight is 556 g/mol. The van der Waals surface area contributed by atoms with Crippen molar-refractivity contribution in [1.29, 1.82) is 0 Å². The van der Waals surface area contributed by atoms with Gasteiger partial charge in [-0.3, -0.25) is 0 Å². The molecule has 0 saturated carbocycles. The highest BCUT2D eigenvalue weighted by molar-refractivity contribution is 7.89. The first kappa shape index (κ1) is 29.4. The molecular formula is C30H37NO7S. The smallest absolute Gasteiger partial charge is 0.240 e. The zero-order valence-corrected chi connectivity index (χ0v) is 23.3. The monoisotopic (exact) mass is 555 g/mol. The highest BCUT2D eigenvalue weighted by Crippen LogP contribution is 2.33. The fourth-order valence-corrected chi connectivity index (χ4v) is 5.68. The van der Waals surface area contributed by atoms with Crippen LogP contribution in [-0.4, -0.2) is 56.9 Å². The normalized spacial score (nSPS) is 20.5. The van der Waals surface area contributed by atoms with Crippen molar-refractivity contribution in [3.63, 3.8) is 0 Å². The molecule has 1 heterocycles. The van der Waals surface area contributed by atoms with E-state index in [0.717, 1.165) is 16.7 Å². The Bertz CT molecular complexity index is 1270. The minimum atomic E-state index is -3.93. The first-order valence-electron chi connectivity index (χ1n) is 13.0. The number of aliphatic hydroxyl groups is 1. The summed E-state index contributed by atoms with van der Waals surface area (Å²) in [6.45, 7) is 5.94. The van der Waals surface area contributed by atoms with E-state index in [-0.39, 0.29) is 24.7 Å². The van der Waals surface area contributed by atoms with E-state index in [2.05, 4.69) is 4.72 Å². The molecule has 3 aromatic carbocycles. The van der Waals surface area contributed by atoms with Gasteiger partial charge >= 0.3 is 0 Å². The lowest BCUT2D eigenvalue weighted by Crippen LogP contribution is -2.53. The van der Waals surface area contributed by atoms with E-state index in [1.165, 1.54) is 0 Å². The van der Waals surface area contributed by atoms with Gasteiger partial charge < -0.3 is 24.1 Å². The van der Waals surface area contributed by atoms with Crippen molar-refractivity contribution in [3.05, 3.63) is 102 Å². The number of ether oxygens (including phenoxy) is 4. The first-order chi connectivity index (χ1) is 18.6. The molecule has 8 nitrogen and oxygen atoms in total. The molecule has 1 aliphatic heterocycles. The van der Waals surface area contributed by atoms with Crippen molar-refractivity contribution >= 4 is 10.0 Å². The van der Waals surface area contributed by atoms with E-state index < -0.39 is 40.2 Å². The molecule has 4 atom stereocenters. The Labute approximate surface area is 230 Å². The largest absolute Gasteiger partial charge is 0.388 e. The minimum Gasteiger partial charge on any atom is -0.388 e. The second-order valence-corrected chi connectivity index (χ2v) is 11.9. The molecule has 0 aliphatic carbocycles. The van der Waals surface area contributed by atoms with Gasteiger partial charge in [0.15, 0.2) is 5.79 Å². The van der Waals surface area contributed by atoms with Gasteiger partial charge in [-0.2, -0.15) is 0 Å². The van der Waals surface area contributed by atoms with E-state index in [9.17, 15) is 13.5 Å². The predicted molar refractivity (Wildman–Crippen MR) is 147 cm³/mol. The molecule has 210 valence electrons. The molecular weight excluding hydrogens is 518 g/mol. The molecule has 0 spiro atoms. The molecule has 0 bridgehead atoms. The molecule has 3 aromatic rings. The third-order valence-electron chi connectivity index (χ3n) is 6.39. The van der Waals surface area contributed by atoms with Crippen LogP contribution in [0.15, 0.2) is 89.8 Å². The van der Waals surface area contributed by atoms with Crippen LogP contribution < -0.4 is 4.72 Å². The fraction of sp³-hybridized carbons (Fsp3) is 0.400. The van der Waals surface area contributed by atoms with Gasteiger partial charge in [-0.05, 0) is 44.0 Å². The summed E-state index contributed by atoms with van der Waals surface area (Å²) < 4.78 is 53.4. The number of aliphatic hydroxyl groups excluding tert-OH is 1. The van der Waals surface area contributed by atoms with Gasteiger partial charge in [0.2, 0.25) is 10.0 Å². The van der Waals surface area contributed by atoms with Crippen LogP contribution in [0.5, 0.6) is 0 Å². The molecule has 39 heavy (non-hydrogen) atoms. The number of sulfonamides is 1. The molecule has 0 aromatic heterocycles. The highest BCUT2D eigenvalue weighted by atomic mass is 32.2. The third-order valence-corrected chi connectivity index (χ3v) is 7.89. The van der Waals surface area contributed by atoms with Gasteiger partial charge in [-0.15, -0.1) is 0 Å². The maximum atomic E-state index is 13.4. The zero-order chi connectivity index (χ0) is 27.9. The van der Waals surface area contributed by atoms with Crippen LogP contribution in [0.1, 0.15) is 30.5 Å². The Balaban J connectivity index is 1.51. The van der Waals surface area contributed by atoms with Gasteiger partial charge in [0, 0.05) is 0 Å². The van der Waals surface area contributed by atoms with Crippen LogP contribution in [0.2, 0.25) is 0 Å². The Morgan fingerprint density at radius 3 is 1.90 bits per heavy atom. The maximum absolute atomic E-state index is 13.4. The van der Waals surface area contributed by atoms with Crippen molar-refractivity contribution in [2.24, 2.45) is 0 Å². The first-order valence-corrected chi connectivity index (χ1v) is 14.5. The van der Waals surface area contributed by atoms with Crippen LogP contribution in [0.3, 0.4) is 0 Å². The number of nitrogens with one attached hydrogen (secondary N) is 1. The highest BCUT2D eigenvalue weighted by Gasteiger charge is 2.49. The summed E-state index contributed by atoms with van der Waals surface area (Å²) in [4.78, 5) is 0.127. The van der Waals surface area contributed by atoms with E-state index in [1.807, 2.05) is 67.6 Å². The summed E-state index contributed by atoms with van der Waals surface area (Å²) in [5, 5.41) is 11.1. The second-order valence-electron chi connectivity index (χ2n) is 10.2. The summed E-state index contributed by atoms with van der Waals surface area (Å²) in [5.41, 5.74) is 2.88. The zero-order valence-electron chi connectivity index (χ0n) is 22.5. The van der Waals surface area contributed by atoms with Gasteiger partial charge in [0.05, 0.1) is 37.4 Å². The molecule has 0 radical (unpaired) electrons. The molecule has 0 unspecified atom stereocenters. The number of aryl methyl sites for hydroxylation is 1. The molecule has 4 rings (SSSR count). The number of hydrogen-bond acceptors (Lipinski definition) is 7. The fourth-order valence-electron chi connectivity index (χ4n) is 4.45. The number of hydrogen-bond donors (Lipinski definition) is 2. The van der Waals surface area contributed by atoms with Gasteiger partial charge in [0.25, 0.3) is 0 Å². The maximum Gasteiger partial charge on any atom is 0.240 e. The Hall–Kier alpha value is -2.63. The quantitative estimate of drug-likeness (QED) is 0.329. The van der Waals surface area contributed by atoms with Crippen molar-refractivity contribution < 1.29 is 32.5 Å². The second kappa shape index (κ2) is 13.1. The van der Waals surface area contributed by atoms with Gasteiger partial charge in [-0.25, -0.2) is 13.1 Å². The third kappa shape index (κ3) is 8.43. The van der Waals surface area contributed by atoms with Gasteiger partial charge in [-0.1, -0.05) is 78.4 Å². The molecule has 9 heteroatoms. The van der Waals surface area contributed by atoms with Crippen LogP contribution in [0.4, 0.5) is 0 Å². The lowest BCUT2D eigenvalue weighted by atomic mass is 10.0. The summed E-state index contributed by atoms with van der Waals surface area (Å²) in [6.07, 6.45) is -2.77. The van der Waals surface area contributed by atoms with E-state index >= 15 is 0 Å². The van der Waals surface area contributed by atoms with Crippen LogP contribution in [0, 0.1) is 6.92 Å². The lowest BCUT2D eigenvalue weighted by Gasteiger charge is -2.29. The van der Waals surface area contributed by atoms with Crippen molar-refractivity contribution in [2.45, 2.75) is 69.0 Å². The van der Waals surface area contributed by atoms with Crippen LogP contribution in [-0.2, 0) is 42.2 Å². The molecule has 0 amide bonds. The summed E-state index contributed by atoms with van der Waals surface area (Å²) in [5.74, 6) is -1.05. The van der Waals surface area contributed by atoms with E-state index in [1.54, 1.807) is 38.1 Å². The summed E-state index contributed by atoms with van der Waals surface area (Å²) in [6, 6.07) is 25.0. The molecule has 1 saturated heterocycles. The molecule has 1 aliphatic rings. The molecule has 1 fully saturated rings. The summed E-state index contributed by atoms with van der Waals surface area (Å²) in [7, 11) is -3.93. The predicted octanol–water partition coefficient (Wildman–Crippen LogP) is 3.96. The molecule has 2 N–H and O–H groups in total. The topological polar surface area (TPSA) is 103 Å². The lowest BCUT2D eigenvalue weighted by molar-refractivity contribution is -0.160. The van der Waals surface area contributed by atoms with Gasteiger partial charge in [0.1, 0.15) is 18.3 Å². The Morgan fingerprint density at radius 1 is 0.821 bits per heavy atom. The van der Waals surface area contributed by atoms with Crippen molar-refractivity contribution in [2.75, 3.05) is 13.2 Å². The van der Waals surface area contributed by atoms with Crippen molar-refractivity contribution in [1.82, 2.24) is 4.72 Å². The Morgan fingerprint density at radius 2 is 1.33 bits per heavy atom. The SMILES string of the molecule is Cc1ccc(S(=O)(=O)N[C@@H](COCc2ccccc2)[C@H]2OC(C)(C)O[C@@H]2[C@H](O)COCc2ccccc2)cc1.